The van der Waals surface area contributed by atoms with Crippen LogP contribution in [0.25, 0.3) is 11.5 Å². The Balaban J connectivity index is 1.76. The van der Waals surface area contributed by atoms with E-state index in [1.54, 1.807) is 55.5 Å². The maximum Gasteiger partial charge on any atom is 0.257 e. The van der Waals surface area contributed by atoms with Gasteiger partial charge in [0.1, 0.15) is 5.76 Å². The zero-order valence-electron chi connectivity index (χ0n) is 14.1. The highest BCUT2D eigenvalue weighted by atomic mass is 16.5. The van der Waals surface area contributed by atoms with Crippen LogP contribution < -0.4 is 0 Å². The highest BCUT2D eigenvalue weighted by Gasteiger charge is 2.17. The number of hydrogen-bond donors (Lipinski definition) is 0. The summed E-state index contributed by atoms with van der Waals surface area (Å²) in [6, 6.07) is 10.7. The van der Waals surface area contributed by atoms with Crippen LogP contribution in [0.5, 0.6) is 0 Å². The molecule has 0 saturated heterocycles. The third kappa shape index (κ3) is 4.13. The van der Waals surface area contributed by atoms with Crippen molar-refractivity contribution < 1.29 is 18.5 Å². The number of nitrogens with zero attached hydrogens (tertiary/aromatic N) is 3. The Labute approximate surface area is 145 Å². The van der Waals surface area contributed by atoms with E-state index in [4.69, 9.17) is 13.7 Å². The molecule has 0 aliphatic carbocycles. The first-order valence-corrected chi connectivity index (χ1v) is 7.88. The van der Waals surface area contributed by atoms with Gasteiger partial charge in [0.2, 0.25) is 0 Å². The molecular formula is C18H19N3O4. The van der Waals surface area contributed by atoms with Gasteiger partial charge in [0.15, 0.2) is 5.82 Å². The molecule has 7 heteroatoms. The predicted molar refractivity (Wildman–Crippen MR) is 89.8 cm³/mol. The second-order valence-corrected chi connectivity index (χ2v) is 5.52. The number of carbonyl (C=O) groups is 1. The molecular weight excluding hydrogens is 322 g/mol. The first-order chi connectivity index (χ1) is 12.2. The maximum absolute atomic E-state index is 12.8. The van der Waals surface area contributed by atoms with Gasteiger partial charge in [-0.25, -0.2) is 0 Å². The largest absolute Gasteiger partial charge is 0.467 e. The van der Waals surface area contributed by atoms with E-state index in [0.717, 1.165) is 11.3 Å². The molecule has 0 unspecified atom stereocenters. The number of furan rings is 1. The lowest BCUT2D eigenvalue weighted by atomic mass is 10.1. The second-order valence-electron chi connectivity index (χ2n) is 5.52. The molecule has 2 aromatic heterocycles. The fourth-order valence-electron chi connectivity index (χ4n) is 2.40. The molecule has 0 aliphatic heterocycles. The molecule has 0 radical (unpaired) electrons. The Bertz CT molecular complexity index is 809. The van der Waals surface area contributed by atoms with Gasteiger partial charge in [0.25, 0.3) is 11.8 Å². The summed E-state index contributed by atoms with van der Waals surface area (Å²) in [4.78, 5) is 18.7. The SMILES string of the molecule is COCCN(Cc1ccco1)C(=O)c1ccc(-c2nc(C)no2)cc1. The normalized spacial score (nSPS) is 10.8. The van der Waals surface area contributed by atoms with Gasteiger partial charge in [-0.3, -0.25) is 4.79 Å². The minimum Gasteiger partial charge on any atom is -0.467 e. The van der Waals surface area contributed by atoms with Crippen LogP contribution in [0.2, 0.25) is 0 Å². The van der Waals surface area contributed by atoms with Gasteiger partial charge in [-0.15, -0.1) is 0 Å². The van der Waals surface area contributed by atoms with Crippen LogP contribution in [0.1, 0.15) is 21.9 Å². The zero-order valence-corrected chi connectivity index (χ0v) is 14.1. The van der Waals surface area contributed by atoms with Crippen molar-refractivity contribution in [2.75, 3.05) is 20.3 Å². The Morgan fingerprint density at radius 3 is 2.64 bits per heavy atom. The Morgan fingerprint density at radius 2 is 2.04 bits per heavy atom. The number of aryl methyl sites for hydroxylation is 1. The maximum atomic E-state index is 12.8. The van der Waals surface area contributed by atoms with E-state index in [1.165, 1.54) is 0 Å². The summed E-state index contributed by atoms with van der Waals surface area (Å²) >= 11 is 0. The Hall–Kier alpha value is -2.93. The number of carbonyl (C=O) groups excluding carboxylic acids is 1. The quantitative estimate of drug-likeness (QED) is 0.657. The number of methoxy groups -OCH3 is 1. The summed E-state index contributed by atoms with van der Waals surface area (Å²) in [5.41, 5.74) is 1.34. The molecule has 0 bridgehead atoms. The number of hydrogen-bond acceptors (Lipinski definition) is 6. The van der Waals surface area contributed by atoms with Gasteiger partial charge in [-0.2, -0.15) is 4.98 Å². The lowest BCUT2D eigenvalue weighted by Crippen LogP contribution is -2.33. The highest BCUT2D eigenvalue weighted by molar-refractivity contribution is 5.94. The van der Waals surface area contributed by atoms with Gasteiger partial charge in [0.05, 0.1) is 19.4 Å². The summed E-state index contributed by atoms with van der Waals surface area (Å²) in [6.45, 7) is 3.07. The monoisotopic (exact) mass is 341 g/mol. The van der Waals surface area contributed by atoms with Crippen LogP contribution >= 0.6 is 0 Å². The van der Waals surface area contributed by atoms with Crippen molar-refractivity contribution in [3.05, 3.63) is 59.8 Å². The topological polar surface area (TPSA) is 81.6 Å². The molecule has 25 heavy (non-hydrogen) atoms. The minimum absolute atomic E-state index is 0.0956. The molecule has 0 fully saturated rings. The van der Waals surface area contributed by atoms with E-state index >= 15 is 0 Å². The average Bonchev–Trinajstić information content (AvgIpc) is 3.30. The molecule has 0 N–H and O–H groups in total. The second kappa shape index (κ2) is 7.76. The molecule has 130 valence electrons. The smallest absolute Gasteiger partial charge is 0.257 e. The molecule has 0 atom stereocenters. The molecule has 2 heterocycles. The van der Waals surface area contributed by atoms with Crippen molar-refractivity contribution in [3.8, 4) is 11.5 Å². The molecule has 7 nitrogen and oxygen atoms in total. The van der Waals surface area contributed by atoms with E-state index < -0.39 is 0 Å². The summed E-state index contributed by atoms with van der Waals surface area (Å²) in [5.74, 6) is 1.63. The van der Waals surface area contributed by atoms with E-state index in [1.807, 2.05) is 6.07 Å². The molecule has 0 aliphatic rings. The minimum atomic E-state index is -0.0956. The summed E-state index contributed by atoms with van der Waals surface area (Å²) in [7, 11) is 1.61. The molecule has 3 rings (SSSR count). The van der Waals surface area contributed by atoms with Gasteiger partial charge >= 0.3 is 0 Å². The van der Waals surface area contributed by atoms with Crippen LogP contribution in [-0.4, -0.2) is 41.2 Å². The van der Waals surface area contributed by atoms with Crippen LogP contribution in [0.3, 0.4) is 0 Å². The molecule has 0 saturated carbocycles. The predicted octanol–water partition coefficient (Wildman–Crippen LogP) is 2.93. The van der Waals surface area contributed by atoms with Crippen molar-refractivity contribution in [2.45, 2.75) is 13.5 Å². The van der Waals surface area contributed by atoms with Gasteiger partial charge in [-0.1, -0.05) is 5.16 Å². The van der Waals surface area contributed by atoms with Gasteiger partial charge in [0, 0.05) is 24.8 Å². The molecule has 3 aromatic rings. The average molecular weight is 341 g/mol. The van der Waals surface area contributed by atoms with Crippen molar-refractivity contribution >= 4 is 5.91 Å². The van der Waals surface area contributed by atoms with E-state index in [-0.39, 0.29) is 5.91 Å². The lowest BCUT2D eigenvalue weighted by Gasteiger charge is -2.21. The summed E-state index contributed by atoms with van der Waals surface area (Å²) in [5, 5.41) is 3.77. The van der Waals surface area contributed by atoms with Gasteiger partial charge in [-0.05, 0) is 43.3 Å². The van der Waals surface area contributed by atoms with Crippen LogP contribution in [-0.2, 0) is 11.3 Å². The van der Waals surface area contributed by atoms with E-state index in [9.17, 15) is 4.79 Å². The number of benzene rings is 1. The van der Waals surface area contributed by atoms with Crippen LogP contribution in [0.15, 0.2) is 51.6 Å². The highest BCUT2D eigenvalue weighted by Crippen LogP contribution is 2.19. The van der Waals surface area contributed by atoms with Crippen LogP contribution in [0, 0.1) is 6.92 Å². The fraction of sp³-hybridized carbons (Fsp3) is 0.278. The standard InChI is InChI=1S/C18H19N3O4/c1-13-19-17(25-20-13)14-5-7-15(8-6-14)18(22)21(9-11-23-2)12-16-4-3-10-24-16/h3-8,10H,9,11-12H2,1-2H3. The molecule has 0 spiro atoms. The molecule has 1 amide bonds. The van der Waals surface area contributed by atoms with Gasteiger partial charge < -0.3 is 18.6 Å². The van der Waals surface area contributed by atoms with Crippen LogP contribution in [0.4, 0.5) is 0 Å². The van der Waals surface area contributed by atoms with E-state index in [0.29, 0.717) is 37.0 Å². The van der Waals surface area contributed by atoms with E-state index in [2.05, 4.69) is 10.1 Å². The number of ether oxygens (including phenoxy) is 1. The van der Waals surface area contributed by atoms with Crippen molar-refractivity contribution in [2.24, 2.45) is 0 Å². The fourth-order valence-corrected chi connectivity index (χ4v) is 2.40. The number of aromatic nitrogens is 2. The Kier molecular flexibility index (Phi) is 5.25. The van der Waals surface area contributed by atoms with Crippen molar-refractivity contribution in [1.29, 1.82) is 0 Å². The van der Waals surface area contributed by atoms with Crippen molar-refractivity contribution in [3.63, 3.8) is 0 Å². The Morgan fingerprint density at radius 1 is 1.24 bits per heavy atom. The summed E-state index contributed by atoms with van der Waals surface area (Å²) in [6.07, 6.45) is 1.59. The first kappa shape index (κ1) is 16.9. The molecule has 1 aromatic carbocycles. The summed E-state index contributed by atoms with van der Waals surface area (Å²) < 4.78 is 15.6. The third-order valence-corrected chi connectivity index (χ3v) is 3.69. The lowest BCUT2D eigenvalue weighted by molar-refractivity contribution is 0.0666. The zero-order chi connectivity index (χ0) is 17.6. The first-order valence-electron chi connectivity index (χ1n) is 7.88. The van der Waals surface area contributed by atoms with Crippen molar-refractivity contribution in [1.82, 2.24) is 15.0 Å². The third-order valence-electron chi connectivity index (χ3n) is 3.69. The number of amides is 1. The number of rotatable bonds is 7.